The van der Waals surface area contributed by atoms with Gasteiger partial charge < -0.3 is 9.88 Å². The number of aryl methyl sites for hydroxylation is 3. The number of imidazole rings is 1. The van der Waals surface area contributed by atoms with Gasteiger partial charge in [0.2, 0.25) is 0 Å². The maximum Gasteiger partial charge on any atom is 0.109 e. The molecule has 0 amide bonds. The van der Waals surface area contributed by atoms with Crippen LogP contribution in [0.3, 0.4) is 0 Å². The second-order valence-electron chi connectivity index (χ2n) is 4.49. The Morgan fingerprint density at radius 2 is 2.17 bits per heavy atom. The van der Waals surface area contributed by atoms with Gasteiger partial charge in [-0.05, 0) is 12.5 Å². The molecule has 0 unspecified atom stereocenters. The first-order valence-electron chi connectivity index (χ1n) is 6.39. The fourth-order valence-electron chi connectivity index (χ4n) is 1.96. The molecule has 0 saturated heterocycles. The van der Waals surface area contributed by atoms with E-state index in [0.717, 1.165) is 37.4 Å². The van der Waals surface area contributed by atoms with Crippen molar-refractivity contribution in [3.8, 4) is 0 Å². The van der Waals surface area contributed by atoms with Gasteiger partial charge in [0, 0.05) is 46.0 Å². The molecule has 0 aliphatic heterocycles. The molecule has 2 rings (SSSR count). The molecular weight excluding hydrogens is 226 g/mol. The molecular formula is C13H21N5. The van der Waals surface area contributed by atoms with Crippen molar-refractivity contribution in [1.82, 2.24) is 24.6 Å². The smallest absolute Gasteiger partial charge is 0.109 e. The molecule has 0 saturated carbocycles. The summed E-state index contributed by atoms with van der Waals surface area (Å²) in [5.41, 5.74) is 2.38. The van der Waals surface area contributed by atoms with Gasteiger partial charge in [0.15, 0.2) is 0 Å². The lowest BCUT2D eigenvalue weighted by atomic mass is 10.3. The quantitative estimate of drug-likeness (QED) is 0.776. The number of rotatable bonds is 6. The Morgan fingerprint density at radius 3 is 2.78 bits per heavy atom. The first kappa shape index (κ1) is 12.8. The van der Waals surface area contributed by atoms with Gasteiger partial charge in [0.1, 0.15) is 5.82 Å². The van der Waals surface area contributed by atoms with Gasteiger partial charge in [0.05, 0.1) is 11.4 Å². The van der Waals surface area contributed by atoms with Crippen LogP contribution in [0.2, 0.25) is 0 Å². The minimum absolute atomic E-state index is 0.855. The molecule has 0 atom stereocenters. The second kappa shape index (κ2) is 5.82. The van der Waals surface area contributed by atoms with Crippen LogP contribution in [0.4, 0.5) is 0 Å². The van der Waals surface area contributed by atoms with Crippen LogP contribution in [0.1, 0.15) is 24.1 Å². The maximum absolute atomic E-state index is 4.43. The van der Waals surface area contributed by atoms with E-state index in [-0.39, 0.29) is 0 Å². The zero-order valence-electron chi connectivity index (χ0n) is 11.3. The van der Waals surface area contributed by atoms with Gasteiger partial charge in [0.25, 0.3) is 0 Å². The van der Waals surface area contributed by atoms with E-state index in [1.165, 1.54) is 5.69 Å². The molecule has 2 heterocycles. The Hall–Kier alpha value is -1.62. The van der Waals surface area contributed by atoms with E-state index in [1.807, 2.05) is 31.2 Å². The van der Waals surface area contributed by atoms with Crippen LogP contribution in [-0.4, -0.2) is 25.9 Å². The number of nitrogens with zero attached hydrogens (tertiary/aromatic N) is 4. The molecule has 0 bridgehead atoms. The minimum Gasteiger partial charge on any atom is -0.338 e. The van der Waals surface area contributed by atoms with Crippen molar-refractivity contribution in [3.05, 3.63) is 35.7 Å². The van der Waals surface area contributed by atoms with Gasteiger partial charge >= 0.3 is 0 Å². The summed E-state index contributed by atoms with van der Waals surface area (Å²) in [6, 6.07) is 2.16. The molecule has 98 valence electrons. The molecule has 0 radical (unpaired) electrons. The average molecular weight is 247 g/mol. The van der Waals surface area contributed by atoms with Crippen molar-refractivity contribution < 1.29 is 0 Å². The molecule has 0 aliphatic rings. The topological polar surface area (TPSA) is 47.7 Å². The first-order chi connectivity index (χ1) is 8.70. The van der Waals surface area contributed by atoms with Gasteiger partial charge in [-0.3, -0.25) is 4.68 Å². The molecule has 0 spiro atoms. The fourth-order valence-corrected chi connectivity index (χ4v) is 1.96. The molecule has 2 aromatic rings. The zero-order valence-corrected chi connectivity index (χ0v) is 11.3. The average Bonchev–Trinajstić information content (AvgIpc) is 2.92. The molecule has 18 heavy (non-hydrogen) atoms. The Balaban J connectivity index is 1.78. The monoisotopic (exact) mass is 247 g/mol. The number of hydrogen-bond donors (Lipinski definition) is 1. The zero-order chi connectivity index (χ0) is 13.0. The lowest BCUT2D eigenvalue weighted by Gasteiger charge is -2.05. The standard InChI is InChI=1S/C13H21N5/c1-4-11-9-12(18(3)16-11)10-14-6-5-13-15-7-8-17(13)2/h7-9,14H,4-6,10H2,1-3H3. The third kappa shape index (κ3) is 2.98. The van der Waals surface area contributed by atoms with E-state index in [0.29, 0.717) is 0 Å². The van der Waals surface area contributed by atoms with E-state index < -0.39 is 0 Å². The van der Waals surface area contributed by atoms with E-state index in [9.17, 15) is 0 Å². The van der Waals surface area contributed by atoms with Crippen LogP contribution in [0.5, 0.6) is 0 Å². The van der Waals surface area contributed by atoms with Crippen LogP contribution >= 0.6 is 0 Å². The SMILES string of the molecule is CCc1cc(CNCCc2nccn2C)n(C)n1. The van der Waals surface area contributed by atoms with Crippen LogP contribution in [0, 0.1) is 0 Å². The molecule has 1 N–H and O–H groups in total. The largest absolute Gasteiger partial charge is 0.338 e. The highest BCUT2D eigenvalue weighted by Gasteiger charge is 2.03. The highest BCUT2D eigenvalue weighted by atomic mass is 15.3. The molecule has 5 nitrogen and oxygen atoms in total. The minimum atomic E-state index is 0.855. The van der Waals surface area contributed by atoms with Crippen LogP contribution in [0.15, 0.2) is 18.5 Å². The van der Waals surface area contributed by atoms with E-state index in [1.54, 1.807) is 0 Å². The van der Waals surface area contributed by atoms with Crippen molar-refractivity contribution in [2.24, 2.45) is 14.1 Å². The summed E-state index contributed by atoms with van der Waals surface area (Å²) in [5.74, 6) is 1.11. The summed E-state index contributed by atoms with van der Waals surface area (Å²) < 4.78 is 4.01. The number of hydrogen-bond acceptors (Lipinski definition) is 3. The lowest BCUT2D eigenvalue weighted by molar-refractivity contribution is 0.610. The molecule has 5 heteroatoms. The third-order valence-corrected chi connectivity index (χ3v) is 3.14. The molecule has 0 aliphatic carbocycles. The van der Waals surface area contributed by atoms with Crippen molar-refractivity contribution in [2.45, 2.75) is 26.3 Å². The van der Waals surface area contributed by atoms with E-state index in [2.05, 4.69) is 33.0 Å². The van der Waals surface area contributed by atoms with Crippen molar-refractivity contribution >= 4 is 0 Å². The maximum atomic E-state index is 4.43. The normalized spacial score (nSPS) is 11.1. The van der Waals surface area contributed by atoms with Gasteiger partial charge in [-0.2, -0.15) is 5.10 Å². The molecule has 0 fully saturated rings. The van der Waals surface area contributed by atoms with Gasteiger partial charge in [-0.25, -0.2) is 4.98 Å². The number of aromatic nitrogens is 4. The Kier molecular flexibility index (Phi) is 4.15. The second-order valence-corrected chi connectivity index (χ2v) is 4.49. The Morgan fingerprint density at radius 1 is 1.33 bits per heavy atom. The van der Waals surface area contributed by atoms with E-state index in [4.69, 9.17) is 0 Å². The Bertz CT molecular complexity index is 497. The molecule has 2 aromatic heterocycles. The number of nitrogens with one attached hydrogen (secondary N) is 1. The van der Waals surface area contributed by atoms with Crippen LogP contribution < -0.4 is 5.32 Å². The van der Waals surface area contributed by atoms with Crippen molar-refractivity contribution in [3.63, 3.8) is 0 Å². The van der Waals surface area contributed by atoms with Crippen molar-refractivity contribution in [1.29, 1.82) is 0 Å². The highest BCUT2D eigenvalue weighted by Crippen LogP contribution is 2.03. The first-order valence-corrected chi connectivity index (χ1v) is 6.39. The fraction of sp³-hybridized carbons (Fsp3) is 0.538. The summed E-state index contributed by atoms with van der Waals surface area (Å²) >= 11 is 0. The van der Waals surface area contributed by atoms with Crippen molar-refractivity contribution in [2.75, 3.05) is 6.54 Å². The van der Waals surface area contributed by atoms with E-state index >= 15 is 0 Å². The summed E-state index contributed by atoms with van der Waals surface area (Å²) in [6.07, 6.45) is 5.75. The van der Waals surface area contributed by atoms with Gasteiger partial charge in [-0.1, -0.05) is 6.92 Å². The third-order valence-electron chi connectivity index (χ3n) is 3.14. The predicted molar refractivity (Wildman–Crippen MR) is 71.2 cm³/mol. The lowest BCUT2D eigenvalue weighted by Crippen LogP contribution is -2.19. The highest BCUT2D eigenvalue weighted by molar-refractivity contribution is 5.09. The summed E-state index contributed by atoms with van der Waals surface area (Å²) in [5, 5.41) is 7.86. The summed E-state index contributed by atoms with van der Waals surface area (Å²) in [7, 11) is 4.02. The van der Waals surface area contributed by atoms with Gasteiger partial charge in [-0.15, -0.1) is 0 Å². The summed E-state index contributed by atoms with van der Waals surface area (Å²) in [6.45, 7) is 3.91. The van der Waals surface area contributed by atoms with Crippen LogP contribution in [0.25, 0.3) is 0 Å². The van der Waals surface area contributed by atoms with Crippen LogP contribution in [-0.2, 0) is 33.5 Å². The predicted octanol–water partition coefficient (Wildman–Crippen LogP) is 1.05. The Labute approximate surface area is 108 Å². The summed E-state index contributed by atoms with van der Waals surface area (Å²) in [4.78, 5) is 4.30. The molecule has 0 aromatic carbocycles.